The van der Waals surface area contributed by atoms with E-state index in [4.69, 9.17) is 18.9 Å². The van der Waals surface area contributed by atoms with Crippen LogP contribution in [-0.2, 0) is 15.1 Å². The number of aliphatic hydroxyl groups excluding tert-OH is 1. The molecular weight excluding hydrogens is 512 g/mol. The number of rotatable bonds is 9. The number of ether oxygens (including phenoxy) is 4. The molecule has 3 aromatic carbocycles. The van der Waals surface area contributed by atoms with Gasteiger partial charge in [0.15, 0.2) is 6.23 Å². The number of hydrogen-bond donors (Lipinski definition) is 2. The Labute approximate surface area is 231 Å². The lowest BCUT2D eigenvalue weighted by Crippen LogP contribution is -2.37. The Bertz CT molecular complexity index is 1500. The van der Waals surface area contributed by atoms with Crippen molar-refractivity contribution < 1.29 is 24.1 Å². The van der Waals surface area contributed by atoms with Gasteiger partial charge >= 0.3 is 5.69 Å². The van der Waals surface area contributed by atoms with Gasteiger partial charge in [0.05, 0.1) is 26.9 Å². The van der Waals surface area contributed by atoms with Crippen LogP contribution in [-0.4, -0.2) is 47.7 Å². The summed E-state index contributed by atoms with van der Waals surface area (Å²) in [6.45, 7) is 1.70. The van der Waals surface area contributed by atoms with Gasteiger partial charge < -0.3 is 24.1 Å². The fourth-order valence-electron chi connectivity index (χ4n) is 5.15. The Kier molecular flexibility index (Phi) is 7.88. The van der Waals surface area contributed by atoms with Gasteiger partial charge in [0.1, 0.15) is 23.2 Å². The molecule has 2 heterocycles. The van der Waals surface area contributed by atoms with Crippen LogP contribution < -0.4 is 20.7 Å². The minimum atomic E-state index is -1.04. The summed E-state index contributed by atoms with van der Waals surface area (Å²) in [5, 5.41) is 10.8. The number of aromatic amines is 1. The van der Waals surface area contributed by atoms with Gasteiger partial charge in [-0.05, 0) is 47.9 Å². The standard InChI is InChI=1S/C31H32N2O7/c1-20-18-33(30(36)32-28(20)35)29-27(34)17-26(40-29)19-39-31(21-7-5-4-6-8-21,22-9-13-24(37-2)14-10-22)23-11-15-25(38-3)16-12-23/h4-16,18,26-27,29,34H,17,19H2,1-3H3,(H,32,35,36)/t26-,27-,29+/m0/s1. The summed E-state index contributed by atoms with van der Waals surface area (Å²) in [5.41, 5.74) is 0.818. The summed E-state index contributed by atoms with van der Waals surface area (Å²) in [5.74, 6) is 1.43. The zero-order valence-corrected chi connectivity index (χ0v) is 22.6. The topological polar surface area (TPSA) is 112 Å². The van der Waals surface area contributed by atoms with Crippen LogP contribution in [0.15, 0.2) is 94.6 Å². The van der Waals surface area contributed by atoms with Gasteiger partial charge in [-0.3, -0.25) is 14.3 Å². The molecule has 0 amide bonds. The maximum Gasteiger partial charge on any atom is 0.330 e. The molecule has 0 saturated carbocycles. The Morgan fingerprint density at radius 2 is 1.45 bits per heavy atom. The molecule has 1 fully saturated rings. The number of aromatic nitrogens is 2. The molecule has 2 N–H and O–H groups in total. The third kappa shape index (κ3) is 5.19. The fourth-order valence-corrected chi connectivity index (χ4v) is 5.15. The van der Waals surface area contributed by atoms with Crippen molar-refractivity contribution in [2.45, 2.75) is 37.4 Å². The molecule has 5 rings (SSSR count). The monoisotopic (exact) mass is 544 g/mol. The molecular formula is C31H32N2O7. The number of hydrogen-bond acceptors (Lipinski definition) is 7. The lowest BCUT2D eigenvalue weighted by molar-refractivity contribution is -0.0876. The van der Waals surface area contributed by atoms with Crippen LogP contribution in [0.3, 0.4) is 0 Å². The van der Waals surface area contributed by atoms with E-state index >= 15 is 0 Å². The van der Waals surface area contributed by atoms with Crippen LogP contribution in [0.5, 0.6) is 11.5 Å². The summed E-state index contributed by atoms with van der Waals surface area (Å²) in [7, 11) is 3.24. The van der Waals surface area contributed by atoms with E-state index in [1.165, 1.54) is 10.8 Å². The highest BCUT2D eigenvalue weighted by Gasteiger charge is 2.41. The highest BCUT2D eigenvalue weighted by molar-refractivity contribution is 5.49. The molecule has 1 aliphatic rings. The van der Waals surface area contributed by atoms with E-state index in [0.717, 1.165) is 16.7 Å². The maximum atomic E-state index is 12.5. The molecule has 3 atom stereocenters. The highest BCUT2D eigenvalue weighted by Crippen LogP contribution is 2.42. The van der Waals surface area contributed by atoms with Gasteiger partial charge in [-0.2, -0.15) is 0 Å². The molecule has 9 nitrogen and oxygen atoms in total. The first kappa shape index (κ1) is 27.4. The van der Waals surface area contributed by atoms with E-state index in [9.17, 15) is 14.7 Å². The van der Waals surface area contributed by atoms with Gasteiger partial charge in [-0.1, -0.05) is 54.6 Å². The first-order valence-electron chi connectivity index (χ1n) is 13.0. The Morgan fingerprint density at radius 3 is 2.00 bits per heavy atom. The lowest BCUT2D eigenvalue weighted by Gasteiger charge is -2.37. The number of methoxy groups -OCH3 is 2. The second kappa shape index (κ2) is 11.5. The summed E-state index contributed by atoms with van der Waals surface area (Å²) in [6, 6.07) is 25.3. The predicted octanol–water partition coefficient (Wildman–Crippen LogP) is 3.52. The van der Waals surface area contributed by atoms with Crippen molar-refractivity contribution in [2.24, 2.45) is 0 Å². The van der Waals surface area contributed by atoms with Gasteiger partial charge in [-0.25, -0.2) is 4.79 Å². The zero-order valence-electron chi connectivity index (χ0n) is 22.6. The first-order valence-corrected chi connectivity index (χ1v) is 13.0. The molecule has 1 saturated heterocycles. The molecule has 40 heavy (non-hydrogen) atoms. The molecule has 0 bridgehead atoms. The summed E-state index contributed by atoms with van der Waals surface area (Å²) < 4.78 is 25.0. The Balaban J connectivity index is 1.53. The van der Waals surface area contributed by atoms with Crippen LogP contribution in [0.2, 0.25) is 0 Å². The van der Waals surface area contributed by atoms with Gasteiger partial charge in [-0.15, -0.1) is 0 Å². The lowest BCUT2D eigenvalue weighted by atomic mass is 9.80. The number of H-pyrrole nitrogens is 1. The molecule has 4 aromatic rings. The average Bonchev–Trinajstić information content (AvgIpc) is 3.36. The molecule has 9 heteroatoms. The predicted molar refractivity (Wildman–Crippen MR) is 149 cm³/mol. The highest BCUT2D eigenvalue weighted by atomic mass is 16.6. The third-order valence-electron chi connectivity index (χ3n) is 7.24. The van der Waals surface area contributed by atoms with E-state index in [-0.39, 0.29) is 13.0 Å². The normalized spacial score (nSPS) is 18.9. The van der Waals surface area contributed by atoms with E-state index in [2.05, 4.69) is 4.98 Å². The van der Waals surface area contributed by atoms with Crippen molar-refractivity contribution in [3.8, 4) is 11.5 Å². The average molecular weight is 545 g/mol. The van der Waals surface area contributed by atoms with Gasteiger partial charge in [0, 0.05) is 18.2 Å². The molecule has 0 aliphatic carbocycles. The minimum Gasteiger partial charge on any atom is -0.497 e. The van der Waals surface area contributed by atoms with Crippen molar-refractivity contribution in [2.75, 3.05) is 20.8 Å². The number of aryl methyl sites for hydroxylation is 1. The summed E-state index contributed by atoms with van der Waals surface area (Å²) in [6.07, 6.45) is -0.805. The van der Waals surface area contributed by atoms with Gasteiger partial charge in [0.2, 0.25) is 0 Å². The largest absolute Gasteiger partial charge is 0.497 e. The smallest absolute Gasteiger partial charge is 0.330 e. The van der Waals surface area contributed by atoms with Crippen LogP contribution in [0.1, 0.15) is 34.9 Å². The van der Waals surface area contributed by atoms with E-state index < -0.39 is 35.3 Å². The number of nitrogens with one attached hydrogen (secondary N) is 1. The summed E-state index contributed by atoms with van der Waals surface area (Å²) >= 11 is 0. The quantitative estimate of drug-likeness (QED) is 0.310. The SMILES string of the molecule is COc1ccc(C(OC[C@@H]2C[C@H](O)[C@H](n3cc(C)c(=O)[nH]c3=O)O2)(c2ccccc2)c2ccc(OC)cc2)cc1. The maximum absolute atomic E-state index is 12.5. The van der Waals surface area contributed by atoms with Crippen LogP contribution in [0.4, 0.5) is 0 Å². The van der Waals surface area contributed by atoms with Crippen molar-refractivity contribution in [1.82, 2.24) is 9.55 Å². The molecule has 0 radical (unpaired) electrons. The second-order valence-corrected chi connectivity index (χ2v) is 9.75. The van der Waals surface area contributed by atoms with E-state index in [1.54, 1.807) is 21.1 Å². The zero-order chi connectivity index (χ0) is 28.3. The van der Waals surface area contributed by atoms with E-state index in [0.29, 0.717) is 17.1 Å². The number of benzene rings is 3. The first-order chi connectivity index (χ1) is 19.3. The molecule has 0 unspecified atom stereocenters. The fraction of sp³-hybridized carbons (Fsp3) is 0.290. The minimum absolute atomic E-state index is 0.109. The van der Waals surface area contributed by atoms with E-state index in [1.807, 2.05) is 78.9 Å². The van der Waals surface area contributed by atoms with Crippen molar-refractivity contribution in [1.29, 1.82) is 0 Å². The van der Waals surface area contributed by atoms with Crippen molar-refractivity contribution in [3.05, 3.63) is 128 Å². The molecule has 208 valence electrons. The molecule has 1 aromatic heterocycles. The Morgan fingerprint density at radius 1 is 0.900 bits per heavy atom. The van der Waals surface area contributed by atoms with Crippen molar-refractivity contribution in [3.63, 3.8) is 0 Å². The van der Waals surface area contributed by atoms with Gasteiger partial charge in [0.25, 0.3) is 5.56 Å². The summed E-state index contributed by atoms with van der Waals surface area (Å²) in [4.78, 5) is 26.6. The van der Waals surface area contributed by atoms with Crippen LogP contribution in [0.25, 0.3) is 0 Å². The number of nitrogens with zero attached hydrogens (tertiary/aromatic N) is 1. The second-order valence-electron chi connectivity index (χ2n) is 9.75. The third-order valence-corrected chi connectivity index (χ3v) is 7.24. The number of aliphatic hydroxyl groups is 1. The molecule has 0 spiro atoms. The Hall–Kier alpha value is -4.18. The van der Waals surface area contributed by atoms with Crippen molar-refractivity contribution >= 4 is 0 Å². The molecule has 1 aliphatic heterocycles. The van der Waals surface area contributed by atoms with Crippen LogP contribution >= 0.6 is 0 Å². The van der Waals surface area contributed by atoms with Crippen LogP contribution in [0, 0.1) is 6.92 Å².